The zero-order chi connectivity index (χ0) is 18.2. The third-order valence-electron chi connectivity index (χ3n) is 3.40. The molecule has 3 nitrogen and oxygen atoms in total. The number of carbonyl (C=O) groups excluding carboxylic acids is 1. The van der Waals surface area contributed by atoms with Crippen LogP contribution in [0.25, 0.3) is 16.8 Å². The summed E-state index contributed by atoms with van der Waals surface area (Å²) in [7, 11) is 0. The number of carbonyl (C=O) groups is 1. The van der Waals surface area contributed by atoms with Gasteiger partial charge in [0.2, 0.25) is 0 Å². The summed E-state index contributed by atoms with van der Waals surface area (Å²) in [6, 6.07) is 20.6. The van der Waals surface area contributed by atoms with Crippen LogP contribution in [0.2, 0.25) is 0 Å². The SMILES string of the molecule is C=C(C)C(=O)Oc1ccc(O)cc1.C=Cc1ccc2ccccc2c1. The number of ether oxygens (including phenoxy) is 1. The first-order valence-corrected chi connectivity index (χ1v) is 7.77. The van der Waals surface area contributed by atoms with Gasteiger partial charge in [-0.05, 0) is 53.6 Å². The Bertz CT molecular complexity index is 893. The van der Waals surface area contributed by atoms with Crippen LogP contribution in [-0.2, 0) is 4.79 Å². The quantitative estimate of drug-likeness (QED) is 0.399. The number of phenolic OH excluding ortho intramolecular Hbond substituents is 1. The molecule has 0 fully saturated rings. The summed E-state index contributed by atoms with van der Waals surface area (Å²) in [5.74, 6) is 0.0617. The Morgan fingerprint density at radius 2 is 1.64 bits per heavy atom. The lowest BCUT2D eigenvalue weighted by Gasteiger charge is -2.02. The number of esters is 1. The van der Waals surface area contributed by atoms with Crippen LogP contribution in [0, 0.1) is 0 Å². The Morgan fingerprint density at radius 1 is 1.00 bits per heavy atom. The molecule has 0 aliphatic heterocycles. The van der Waals surface area contributed by atoms with E-state index in [2.05, 4.69) is 55.6 Å². The highest BCUT2D eigenvalue weighted by Crippen LogP contribution is 2.17. The van der Waals surface area contributed by atoms with E-state index < -0.39 is 5.97 Å². The molecule has 126 valence electrons. The number of hydrogen-bond acceptors (Lipinski definition) is 3. The number of fused-ring (bicyclic) bond motifs is 1. The van der Waals surface area contributed by atoms with E-state index in [9.17, 15) is 4.79 Å². The van der Waals surface area contributed by atoms with Crippen LogP contribution in [0.5, 0.6) is 11.5 Å². The maximum Gasteiger partial charge on any atom is 0.338 e. The molecule has 0 aliphatic rings. The summed E-state index contributed by atoms with van der Waals surface area (Å²) in [6.45, 7) is 8.75. The maximum atomic E-state index is 11.0. The van der Waals surface area contributed by atoms with Crippen LogP contribution in [0.1, 0.15) is 12.5 Å². The van der Waals surface area contributed by atoms with Gasteiger partial charge in [-0.1, -0.05) is 55.6 Å². The minimum Gasteiger partial charge on any atom is -0.508 e. The predicted octanol–water partition coefficient (Wildman–Crippen LogP) is 5.36. The second kappa shape index (κ2) is 8.50. The van der Waals surface area contributed by atoms with Crippen molar-refractivity contribution in [2.45, 2.75) is 6.92 Å². The van der Waals surface area contributed by atoms with Crippen molar-refractivity contribution in [3.8, 4) is 11.5 Å². The molecular weight excluding hydrogens is 312 g/mol. The first-order chi connectivity index (χ1) is 12.0. The molecule has 3 aromatic rings. The molecule has 3 aromatic carbocycles. The molecule has 0 radical (unpaired) electrons. The van der Waals surface area contributed by atoms with Crippen molar-refractivity contribution >= 4 is 22.8 Å². The van der Waals surface area contributed by atoms with E-state index in [1.165, 1.54) is 40.6 Å². The van der Waals surface area contributed by atoms with Crippen molar-refractivity contribution in [2.75, 3.05) is 0 Å². The van der Waals surface area contributed by atoms with Gasteiger partial charge >= 0.3 is 5.97 Å². The minimum absolute atomic E-state index is 0.134. The summed E-state index contributed by atoms with van der Waals surface area (Å²) in [6.07, 6.45) is 1.87. The largest absolute Gasteiger partial charge is 0.508 e. The molecule has 0 aromatic heterocycles. The summed E-state index contributed by atoms with van der Waals surface area (Å²) in [4.78, 5) is 11.0. The molecule has 0 saturated carbocycles. The number of phenols is 1. The van der Waals surface area contributed by atoms with Crippen LogP contribution >= 0.6 is 0 Å². The highest BCUT2D eigenvalue weighted by Gasteiger charge is 2.04. The van der Waals surface area contributed by atoms with Gasteiger partial charge in [-0.25, -0.2) is 4.79 Å². The van der Waals surface area contributed by atoms with E-state index in [4.69, 9.17) is 9.84 Å². The number of hydrogen-bond donors (Lipinski definition) is 1. The van der Waals surface area contributed by atoms with Gasteiger partial charge in [-0.3, -0.25) is 0 Å². The average molecular weight is 332 g/mol. The molecule has 3 rings (SSSR count). The third-order valence-corrected chi connectivity index (χ3v) is 3.40. The lowest BCUT2D eigenvalue weighted by Crippen LogP contribution is -2.07. The molecule has 3 heteroatoms. The first-order valence-electron chi connectivity index (χ1n) is 7.77. The van der Waals surface area contributed by atoms with Gasteiger partial charge in [-0.2, -0.15) is 0 Å². The molecule has 0 aliphatic carbocycles. The van der Waals surface area contributed by atoms with Crippen molar-refractivity contribution in [3.63, 3.8) is 0 Å². The standard InChI is InChI=1S/C12H10.C10H10O3/c1-2-10-7-8-11-5-3-4-6-12(11)9-10;1-7(2)10(12)13-9-5-3-8(11)4-6-9/h2-9H,1H2;3-6,11H,1H2,2H3. The molecule has 0 spiro atoms. The van der Waals surface area contributed by atoms with Gasteiger partial charge in [0.05, 0.1) is 0 Å². The van der Waals surface area contributed by atoms with Crippen LogP contribution in [0.15, 0.2) is 85.5 Å². The van der Waals surface area contributed by atoms with Crippen LogP contribution in [0.3, 0.4) is 0 Å². The van der Waals surface area contributed by atoms with Gasteiger partial charge in [0.15, 0.2) is 0 Å². The lowest BCUT2D eigenvalue weighted by molar-refractivity contribution is -0.130. The zero-order valence-electron chi connectivity index (χ0n) is 14.1. The molecule has 25 heavy (non-hydrogen) atoms. The molecule has 0 bridgehead atoms. The molecule has 0 unspecified atom stereocenters. The second-order valence-corrected chi connectivity index (χ2v) is 5.47. The van der Waals surface area contributed by atoms with Crippen molar-refractivity contribution in [2.24, 2.45) is 0 Å². The molecule has 0 atom stereocenters. The fraction of sp³-hybridized carbons (Fsp3) is 0.0455. The normalized spacial score (nSPS) is 9.64. The fourth-order valence-electron chi connectivity index (χ4n) is 2.04. The number of benzene rings is 3. The van der Waals surface area contributed by atoms with Gasteiger partial charge in [-0.15, -0.1) is 0 Å². The number of aromatic hydroxyl groups is 1. The second-order valence-electron chi connectivity index (χ2n) is 5.47. The topological polar surface area (TPSA) is 46.5 Å². The monoisotopic (exact) mass is 332 g/mol. The van der Waals surface area contributed by atoms with Gasteiger partial charge in [0.1, 0.15) is 11.5 Å². The number of rotatable bonds is 3. The minimum atomic E-state index is -0.467. The van der Waals surface area contributed by atoms with Crippen molar-refractivity contribution in [1.82, 2.24) is 0 Å². The van der Waals surface area contributed by atoms with E-state index in [1.54, 1.807) is 6.92 Å². The molecule has 0 heterocycles. The van der Waals surface area contributed by atoms with Crippen molar-refractivity contribution < 1.29 is 14.6 Å². The van der Waals surface area contributed by atoms with E-state index in [-0.39, 0.29) is 5.75 Å². The Hall–Kier alpha value is -3.33. The van der Waals surface area contributed by atoms with E-state index in [1.807, 2.05) is 6.08 Å². The molecular formula is C22H20O3. The first kappa shape index (κ1) is 18.0. The summed E-state index contributed by atoms with van der Waals surface area (Å²) in [5.41, 5.74) is 1.52. The Morgan fingerprint density at radius 3 is 2.24 bits per heavy atom. The summed E-state index contributed by atoms with van der Waals surface area (Å²) in [5, 5.41) is 11.5. The smallest absolute Gasteiger partial charge is 0.338 e. The van der Waals surface area contributed by atoms with Crippen molar-refractivity contribution in [1.29, 1.82) is 0 Å². The van der Waals surface area contributed by atoms with Crippen molar-refractivity contribution in [3.05, 3.63) is 91.0 Å². The van der Waals surface area contributed by atoms with E-state index in [0.717, 1.165) is 0 Å². The van der Waals surface area contributed by atoms with Gasteiger partial charge in [0, 0.05) is 5.57 Å². The van der Waals surface area contributed by atoms with Crippen LogP contribution in [-0.4, -0.2) is 11.1 Å². The molecule has 0 saturated heterocycles. The van der Waals surface area contributed by atoms with E-state index >= 15 is 0 Å². The lowest BCUT2D eigenvalue weighted by atomic mass is 10.1. The zero-order valence-corrected chi connectivity index (χ0v) is 14.1. The highest BCUT2D eigenvalue weighted by atomic mass is 16.5. The van der Waals surface area contributed by atoms with Gasteiger partial charge in [0.25, 0.3) is 0 Å². The highest BCUT2D eigenvalue weighted by molar-refractivity contribution is 5.88. The predicted molar refractivity (Wildman–Crippen MR) is 103 cm³/mol. The Kier molecular flexibility index (Phi) is 6.13. The third kappa shape index (κ3) is 5.36. The Balaban J connectivity index is 0.000000181. The van der Waals surface area contributed by atoms with Crippen LogP contribution < -0.4 is 4.74 Å². The molecule has 1 N–H and O–H groups in total. The maximum absolute atomic E-state index is 11.0. The molecule has 0 amide bonds. The van der Waals surface area contributed by atoms with E-state index in [0.29, 0.717) is 11.3 Å². The summed E-state index contributed by atoms with van der Waals surface area (Å²) >= 11 is 0. The fourth-order valence-corrected chi connectivity index (χ4v) is 2.04. The Labute approximate surface area is 147 Å². The van der Waals surface area contributed by atoms with Gasteiger partial charge < -0.3 is 9.84 Å². The average Bonchev–Trinajstić information content (AvgIpc) is 2.63. The summed E-state index contributed by atoms with van der Waals surface area (Å²) < 4.78 is 4.88. The van der Waals surface area contributed by atoms with Crippen LogP contribution in [0.4, 0.5) is 0 Å².